The standard InChI is InChI=1S/C17H24N2O/c1-12(2)10-19(13(3)4)17-9-14(11-20)15-7-5-6-8-16(15)18-17/h5-9,12-13,20H,10-11H2,1-4H3. The van der Waals surface area contributed by atoms with Gasteiger partial charge in [0.15, 0.2) is 0 Å². The number of anilines is 1. The van der Waals surface area contributed by atoms with Crippen molar-refractivity contribution in [2.24, 2.45) is 5.92 Å². The number of aliphatic hydroxyl groups is 1. The zero-order valence-electron chi connectivity index (χ0n) is 12.8. The van der Waals surface area contributed by atoms with Crippen molar-refractivity contribution in [1.29, 1.82) is 0 Å². The summed E-state index contributed by atoms with van der Waals surface area (Å²) in [6, 6.07) is 10.4. The summed E-state index contributed by atoms with van der Waals surface area (Å²) in [5, 5.41) is 10.7. The van der Waals surface area contributed by atoms with Crippen molar-refractivity contribution in [2.75, 3.05) is 11.4 Å². The molecule has 1 aromatic carbocycles. The monoisotopic (exact) mass is 272 g/mol. The van der Waals surface area contributed by atoms with Gasteiger partial charge in [-0.3, -0.25) is 0 Å². The van der Waals surface area contributed by atoms with Gasteiger partial charge in [0.05, 0.1) is 12.1 Å². The highest BCUT2D eigenvalue weighted by atomic mass is 16.3. The molecule has 0 bridgehead atoms. The molecular formula is C17H24N2O. The van der Waals surface area contributed by atoms with Crippen LogP contribution in [0.3, 0.4) is 0 Å². The molecule has 0 amide bonds. The lowest BCUT2D eigenvalue weighted by Crippen LogP contribution is -2.34. The summed E-state index contributed by atoms with van der Waals surface area (Å²) in [6.07, 6.45) is 0. The minimum absolute atomic E-state index is 0.0453. The molecule has 2 rings (SSSR count). The third-order valence-corrected chi connectivity index (χ3v) is 3.44. The molecule has 0 radical (unpaired) electrons. The highest BCUT2D eigenvalue weighted by Gasteiger charge is 2.15. The summed E-state index contributed by atoms with van der Waals surface area (Å²) < 4.78 is 0. The number of nitrogens with zero attached hydrogens (tertiary/aromatic N) is 2. The number of hydrogen-bond donors (Lipinski definition) is 1. The van der Waals surface area contributed by atoms with E-state index in [4.69, 9.17) is 4.98 Å². The van der Waals surface area contributed by atoms with E-state index in [2.05, 4.69) is 32.6 Å². The number of aromatic nitrogens is 1. The maximum Gasteiger partial charge on any atom is 0.129 e. The Bertz CT molecular complexity index is 578. The molecule has 0 fully saturated rings. The average molecular weight is 272 g/mol. The van der Waals surface area contributed by atoms with Crippen molar-refractivity contribution in [2.45, 2.75) is 40.3 Å². The van der Waals surface area contributed by atoms with Gasteiger partial charge in [0.1, 0.15) is 5.82 Å². The second-order valence-corrected chi connectivity index (χ2v) is 5.95. The molecule has 0 unspecified atom stereocenters. The molecule has 0 saturated carbocycles. The van der Waals surface area contributed by atoms with Crippen molar-refractivity contribution < 1.29 is 5.11 Å². The van der Waals surface area contributed by atoms with E-state index in [1.54, 1.807) is 0 Å². The quantitative estimate of drug-likeness (QED) is 0.903. The molecule has 1 aromatic heterocycles. The average Bonchev–Trinajstić information content (AvgIpc) is 2.43. The fraction of sp³-hybridized carbons (Fsp3) is 0.471. The number of benzene rings is 1. The molecule has 1 N–H and O–H groups in total. The summed E-state index contributed by atoms with van der Waals surface area (Å²) in [7, 11) is 0. The van der Waals surface area contributed by atoms with E-state index in [-0.39, 0.29) is 6.61 Å². The van der Waals surface area contributed by atoms with Crippen molar-refractivity contribution in [3.05, 3.63) is 35.9 Å². The lowest BCUT2D eigenvalue weighted by molar-refractivity contribution is 0.283. The lowest BCUT2D eigenvalue weighted by Gasteiger charge is -2.30. The first-order valence-corrected chi connectivity index (χ1v) is 7.29. The zero-order chi connectivity index (χ0) is 14.7. The number of pyridine rings is 1. The predicted octanol–water partition coefficient (Wildman–Crippen LogP) is 3.60. The SMILES string of the molecule is CC(C)CN(c1cc(CO)c2ccccc2n1)C(C)C. The molecule has 1 heterocycles. The van der Waals surface area contributed by atoms with Gasteiger partial charge in [-0.1, -0.05) is 32.0 Å². The normalized spacial score (nSPS) is 11.6. The first-order valence-electron chi connectivity index (χ1n) is 7.29. The van der Waals surface area contributed by atoms with Gasteiger partial charge in [-0.15, -0.1) is 0 Å². The van der Waals surface area contributed by atoms with Crippen molar-refractivity contribution in [1.82, 2.24) is 4.98 Å². The van der Waals surface area contributed by atoms with Crippen LogP contribution in [-0.2, 0) is 6.61 Å². The van der Waals surface area contributed by atoms with Crippen LogP contribution in [0.4, 0.5) is 5.82 Å². The number of hydrogen-bond acceptors (Lipinski definition) is 3. The molecular weight excluding hydrogens is 248 g/mol. The van der Waals surface area contributed by atoms with Crippen molar-refractivity contribution in [3.63, 3.8) is 0 Å². The topological polar surface area (TPSA) is 36.4 Å². The minimum Gasteiger partial charge on any atom is -0.392 e. The van der Waals surface area contributed by atoms with Crippen LogP contribution in [-0.4, -0.2) is 22.7 Å². The summed E-state index contributed by atoms with van der Waals surface area (Å²) in [5.74, 6) is 1.53. The highest BCUT2D eigenvalue weighted by Crippen LogP contribution is 2.24. The molecule has 0 spiro atoms. The van der Waals surface area contributed by atoms with Gasteiger partial charge in [0.2, 0.25) is 0 Å². The van der Waals surface area contributed by atoms with E-state index >= 15 is 0 Å². The number of aliphatic hydroxyl groups excluding tert-OH is 1. The van der Waals surface area contributed by atoms with Gasteiger partial charge in [-0.2, -0.15) is 0 Å². The first kappa shape index (κ1) is 14.8. The molecule has 20 heavy (non-hydrogen) atoms. The molecule has 0 aliphatic heterocycles. The van der Waals surface area contributed by atoms with Crippen LogP contribution in [0.1, 0.15) is 33.3 Å². The summed E-state index contributed by atoms with van der Waals surface area (Å²) in [6.45, 7) is 9.79. The maximum absolute atomic E-state index is 9.62. The third-order valence-electron chi connectivity index (χ3n) is 3.44. The first-order chi connectivity index (χ1) is 9.52. The largest absolute Gasteiger partial charge is 0.392 e. The summed E-state index contributed by atoms with van der Waals surface area (Å²) >= 11 is 0. The van der Waals surface area contributed by atoms with Crippen LogP contribution in [0.5, 0.6) is 0 Å². The minimum atomic E-state index is 0.0453. The zero-order valence-corrected chi connectivity index (χ0v) is 12.8. The second-order valence-electron chi connectivity index (χ2n) is 5.95. The highest BCUT2D eigenvalue weighted by molar-refractivity contribution is 5.84. The molecule has 108 valence electrons. The van der Waals surface area contributed by atoms with Gasteiger partial charge >= 0.3 is 0 Å². The smallest absolute Gasteiger partial charge is 0.129 e. The van der Waals surface area contributed by atoms with E-state index in [1.165, 1.54) is 0 Å². The van der Waals surface area contributed by atoms with Gasteiger partial charge in [0.25, 0.3) is 0 Å². The van der Waals surface area contributed by atoms with E-state index in [1.807, 2.05) is 30.3 Å². The molecule has 3 nitrogen and oxygen atoms in total. The molecule has 0 saturated heterocycles. The van der Waals surface area contributed by atoms with Crippen LogP contribution < -0.4 is 4.90 Å². The Morgan fingerprint density at radius 1 is 1.15 bits per heavy atom. The molecule has 2 aromatic rings. The Balaban J connectivity index is 2.52. The van der Waals surface area contributed by atoms with Crippen LogP contribution in [0.15, 0.2) is 30.3 Å². The Morgan fingerprint density at radius 2 is 1.85 bits per heavy atom. The fourth-order valence-electron chi connectivity index (χ4n) is 2.47. The van der Waals surface area contributed by atoms with E-state index in [9.17, 15) is 5.11 Å². The Hall–Kier alpha value is -1.61. The molecule has 0 aliphatic rings. The van der Waals surface area contributed by atoms with Crippen LogP contribution >= 0.6 is 0 Å². The van der Waals surface area contributed by atoms with Gasteiger partial charge in [-0.25, -0.2) is 4.98 Å². The van der Waals surface area contributed by atoms with E-state index in [0.29, 0.717) is 12.0 Å². The molecule has 3 heteroatoms. The fourth-order valence-corrected chi connectivity index (χ4v) is 2.47. The van der Waals surface area contributed by atoms with E-state index in [0.717, 1.165) is 28.8 Å². The van der Waals surface area contributed by atoms with Gasteiger partial charge in [0, 0.05) is 18.0 Å². The summed E-state index contributed by atoms with van der Waals surface area (Å²) in [5.41, 5.74) is 1.89. The van der Waals surface area contributed by atoms with Gasteiger partial charge in [-0.05, 0) is 37.5 Å². The Morgan fingerprint density at radius 3 is 2.45 bits per heavy atom. The number of fused-ring (bicyclic) bond motifs is 1. The number of para-hydroxylation sites is 1. The van der Waals surface area contributed by atoms with Crippen molar-refractivity contribution >= 4 is 16.7 Å². The van der Waals surface area contributed by atoms with Gasteiger partial charge < -0.3 is 10.0 Å². The molecule has 0 aliphatic carbocycles. The van der Waals surface area contributed by atoms with Crippen molar-refractivity contribution in [3.8, 4) is 0 Å². The van der Waals surface area contributed by atoms with E-state index < -0.39 is 0 Å². The second kappa shape index (κ2) is 6.23. The lowest BCUT2D eigenvalue weighted by atomic mass is 10.1. The van der Waals surface area contributed by atoms with Crippen LogP contribution in [0, 0.1) is 5.92 Å². The summed E-state index contributed by atoms with van der Waals surface area (Å²) in [4.78, 5) is 7.08. The maximum atomic E-state index is 9.62. The Kier molecular flexibility index (Phi) is 4.61. The number of rotatable bonds is 5. The third kappa shape index (κ3) is 3.10. The van der Waals surface area contributed by atoms with Crippen LogP contribution in [0.25, 0.3) is 10.9 Å². The predicted molar refractivity (Wildman–Crippen MR) is 85.0 cm³/mol. The molecule has 0 atom stereocenters. The van der Waals surface area contributed by atoms with Crippen LogP contribution in [0.2, 0.25) is 0 Å². The Labute approximate surface area is 121 Å².